The van der Waals surface area contributed by atoms with Gasteiger partial charge in [-0.15, -0.1) is 0 Å². The number of rotatable bonds is 2. The molecule has 0 radical (unpaired) electrons. The van der Waals surface area contributed by atoms with Crippen LogP contribution in [-0.2, 0) is 4.74 Å². The van der Waals surface area contributed by atoms with Crippen molar-refractivity contribution >= 4 is 79.4 Å². The van der Waals surface area contributed by atoms with Crippen LogP contribution in [0.2, 0.25) is 0 Å². The molecule has 1 unspecified atom stereocenters. The number of benzene rings is 1. The number of carbonyl (C=O) groups is 1. The topological polar surface area (TPSA) is 75.8 Å². The van der Waals surface area contributed by atoms with Crippen LogP contribution in [0.15, 0.2) is 6.07 Å². The number of halogens is 3. The van der Waals surface area contributed by atoms with E-state index in [1.165, 1.54) is 5.06 Å². The number of nitrogens with zero attached hydrogens (tertiary/aromatic N) is 1. The molecule has 0 saturated carbocycles. The van der Waals surface area contributed by atoms with E-state index in [1.54, 1.807) is 0 Å². The number of hydrogen-bond acceptors (Lipinski definition) is 5. The predicted octanol–water partition coefficient (Wildman–Crippen LogP) is 4.26. The Hall–Kier alpha value is 0.600. The molecule has 1 aromatic carbocycles. The maximum absolute atomic E-state index is 12.7. The SMILES string of the molecule is CC1(C)CC(OC(=O)c2c(I)cc(I)c(N)c2I)C(C)(C)N1O. The normalized spacial score (nSPS) is 23.0. The van der Waals surface area contributed by atoms with Crippen LogP contribution in [0.3, 0.4) is 0 Å². The molecule has 23 heavy (non-hydrogen) atoms. The van der Waals surface area contributed by atoms with E-state index in [2.05, 4.69) is 67.8 Å². The highest BCUT2D eigenvalue weighted by atomic mass is 127. The van der Waals surface area contributed by atoms with E-state index in [-0.39, 0.29) is 0 Å². The van der Waals surface area contributed by atoms with Crippen molar-refractivity contribution in [2.24, 2.45) is 0 Å². The molecule has 3 N–H and O–H groups in total. The second-order valence-corrected chi connectivity index (χ2v) is 10.2. The zero-order valence-corrected chi connectivity index (χ0v) is 19.8. The number of anilines is 1. The van der Waals surface area contributed by atoms with Crippen LogP contribution in [0.25, 0.3) is 0 Å². The predicted molar refractivity (Wildman–Crippen MR) is 115 cm³/mol. The van der Waals surface area contributed by atoms with E-state index in [9.17, 15) is 10.0 Å². The van der Waals surface area contributed by atoms with Gasteiger partial charge >= 0.3 is 5.97 Å². The average molecular weight is 656 g/mol. The van der Waals surface area contributed by atoms with Gasteiger partial charge in [0.2, 0.25) is 0 Å². The highest BCUT2D eigenvalue weighted by Gasteiger charge is 2.53. The van der Waals surface area contributed by atoms with Gasteiger partial charge < -0.3 is 15.7 Å². The fourth-order valence-corrected chi connectivity index (χ4v) is 6.68. The zero-order valence-electron chi connectivity index (χ0n) is 13.3. The Kier molecular flexibility index (Phi) is 5.82. The molecule has 1 heterocycles. The second kappa shape index (κ2) is 6.72. The summed E-state index contributed by atoms with van der Waals surface area (Å²) in [6.07, 6.45) is 0.164. The highest BCUT2D eigenvalue weighted by molar-refractivity contribution is 14.1. The molecule has 0 amide bonds. The van der Waals surface area contributed by atoms with Gasteiger partial charge in [0, 0.05) is 19.1 Å². The minimum atomic E-state index is -0.648. The fourth-order valence-electron chi connectivity index (χ4n) is 2.87. The van der Waals surface area contributed by atoms with Crippen LogP contribution in [0.1, 0.15) is 44.5 Å². The second-order valence-electron chi connectivity index (χ2n) is 6.82. The van der Waals surface area contributed by atoms with Crippen molar-refractivity contribution in [3.63, 3.8) is 0 Å². The lowest BCUT2D eigenvalue weighted by Crippen LogP contribution is -2.49. The van der Waals surface area contributed by atoms with Gasteiger partial charge in [-0.05, 0) is 102 Å². The first-order valence-electron chi connectivity index (χ1n) is 7.02. The lowest BCUT2D eigenvalue weighted by molar-refractivity contribution is -0.201. The number of ether oxygens (including phenoxy) is 1. The summed E-state index contributed by atoms with van der Waals surface area (Å²) in [6.45, 7) is 7.60. The summed E-state index contributed by atoms with van der Waals surface area (Å²) in [5, 5.41) is 11.6. The standard InChI is InChI=1S/C15H19I3N2O3/c1-14(2)6-9(15(3,4)20(14)22)23-13(21)10-7(16)5-8(17)12(19)11(10)18/h5,9,22H,6,19H2,1-4H3. The van der Waals surface area contributed by atoms with Crippen molar-refractivity contribution in [2.75, 3.05) is 5.73 Å². The summed E-state index contributed by atoms with van der Waals surface area (Å²) < 4.78 is 8.20. The smallest absolute Gasteiger partial charge is 0.340 e. The van der Waals surface area contributed by atoms with Gasteiger partial charge in [-0.25, -0.2) is 4.79 Å². The monoisotopic (exact) mass is 656 g/mol. The highest BCUT2D eigenvalue weighted by Crippen LogP contribution is 2.41. The quantitative estimate of drug-likeness (QED) is 0.283. The molecule has 5 nitrogen and oxygen atoms in total. The van der Waals surface area contributed by atoms with Crippen LogP contribution < -0.4 is 5.73 Å². The Morgan fingerprint density at radius 3 is 2.35 bits per heavy atom. The van der Waals surface area contributed by atoms with E-state index >= 15 is 0 Å². The summed E-state index contributed by atoms with van der Waals surface area (Å²) >= 11 is 6.36. The van der Waals surface area contributed by atoms with Crippen molar-refractivity contribution in [1.82, 2.24) is 5.06 Å². The Morgan fingerprint density at radius 1 is 1.30 bits per heavy atom. The third-order valence-electron chi connectivity index (χ3n) is 4.25. The van der Waals surface area contributed by atoms with Gasteiger partial charge in [-0.3, -0.25) is 0 Å². The minimum absolute atomic E-state index is 0.397. The van der Waals surface area contributed by atoms with Crippen molar-refractivity contribution in [1.29, 1.82) is 0 Å². The Labute approximate surface area is 177 Å². The number of esters is 1. The Balaban J connectivity index is 2.33. The molecule has 0 aliphatic carbocycles. The van der Waals surface area contributed by atoms with Crippen LogP contribution >= 0.6 is 67.8 Å². The minimum Gasteiger partial charge on any atom is -0.457 e. The summed E-state index contributed by atoms with van der Waals surface area (Å²) in [6, 6.07) is 1.87. The Morgan fingerprint density at radius 2 is 1.87 bits per heavy atom. The number of nitrogen functional groups attached to an aromatic ring is 1. The molecular formula is C15H19I3N2O3. The Bertz CT molecular complexity index is 662. The summed E-state index contributed by atoms with van der Waals surface area (Å²) in [4.78, 5) is 12.7. The van der Waals surface area contributed by atoms with Gasteiger partial charge in [0.1, 0.15) is 6.10 Å². The number of carbonyl (C=O) groups excluding carboxylic acids is 1. The molecule has 8 heteroatoms. The molecular weight excluding hydrogens is 637 g/mol. The van der Waals surface area contributed by atoms with E-state index in [0.717, 1.165) is 7.14 Å². The molecule has 1 atom stereocenters. The van der Waals surface area contributed by atoms with Crippen molar-refractivity contribution in [3.05, 3.63) is 22.3 Å². The van der Waals surface area contributed by atoms with Gasteiger partial charge in [0.15, 0.2) is 0 Å². The van der Waals surface area contributed by atoms with Gasteiger partial charge in [-0.1, -0.05) is 0 Å². The third kappa shape index (κ3) is 3.60. The lowest BCUT2D eigenvalue weighted by Gasteiger charge is -2.35. The average Bonchev–Trinajstić information content (AvgIpc) is 2.56. The van der Waals surface area contributed by atoms with E-state index < -0.39 is 23.2 Å². The van der Waals surface area contributed by atoms with Crippen molar-refractivity contribution < 1.29 is 14.7 Å². The van der Waals surface area contributed by atoms with E-state index in [0.29, 0.717) is 21.2 Å². The molecule has 1 aliphatic heterocycles. The molecule has 1 saturated heterocycles. The first kappa shape index (κ1) is 19.9. The largest absolute Gasteiger partial charge is 0.457 e. The summed E-state index contributed by atoms with van der Waals surface area (Å²) in [5.41, 5.74) is 6.03. The van der Waals surface area contributed by atoms with Gasteiger partial charge in [0.25, 0.3) is 0 Å². The zero-order chi connectivity index (χ0) is 17.7. The fraction of sp³-hybridized carbons (Fsp3) is 0.533. The van der Waals surface area contributed by atoms with Gasteiger partial charge in [0.05, 0.1) is 20.4 Å². The van der Waals surface area contributed by atoms with Crippen molar-refractivity contribution in [3.8, 4) is 0 Å². The maximum atomic E-state index is 12.7. The molecule has 1 aromatic rings. The summed E-state index contributed by atoms with van der Waals surface area (Å²) in [7, 11) is 0. The van der Waals surface area contributed by atoms with Crippen molar-refractivity contribution in [2.45, 2.75) is 51.3 Å². The molecule has 1 aliphatic rings. The van der Waals surface area contributed by atoms with Crippen LogP contribution in [0.5, 0.6) is 0 Å². The van der Waals surface area contributed by atoms with Crippen LogP contribution in [-0.4, -0.2) is 33.4 Å². The summed E-state index contributed by atoms with van der Waals surface area (Å²) in [5.74, 6) is -0.397. The van der Waals surface area contributed by atoms with Crippen LogP contribution in [0.4, 0.5) is 5.69 Å². The number of hydroxylamine groups is 2. The molecule has 128 valence electrons. The first-order chi connectivity index (χ1) is 10.4. The van der Waals surface area contributed by atoms with E-state index in [1.807, 2.05) is 33.8 Å². The van der Waals surface area contributed by atoms with E-state index in [4.69, 9.17) is 10.5 Å². The van der Waals surface area contributed by atoms with Gasteiger partial charge in [-0.2, -0.15) is 5.06 Å². The number of hydrogen-bond donors (Lipinski definition) is 2. The molecule has 1 fully saturated rings. The first-order valence-corrected chi connectivity index (χ1v) is 10.3. The number of nitrogens with two attached hydrogens (primary N) is 1. The molecule has 2 rings (SSSR count). The maximum Gasteiger partial charge on any atom is 0.340 e. The lowest BCUT2D eigenvalue weighted by atomic mass is 9.97. The molecule has 0 bridgehead atoms. The molecule has 0 aromatic heterocycles. The molecule has 0 spiro atoms. The van der Waals surface area contributed by atoms with Crippen LogP contribution in [0, 0.1) is 10.7 Å². The third-order valence-corrected chi connectivity index (χ3v) is 7.11.